The van der Waals surface area contributed by atoms with E-state index in [1.807, 2.05) is 25.1 Å². The molecule has 1 amide bonds. The topological polar surface area (TPSA) is 101 Å². The first kappa shape index (κ1) is 23.6. The Balaban J connectivity index is 1.77. The minimum absolute atomic E-state index is 0.0672. The maximum Gasteiger partial charge on any atom is 0.262 e. The Hall–Kier alpha value is -3.01. The van der Waals surface area contributed by atoms with Crippen molar-refractivity contribution < 1.29 is 22.4 Å². The Bertz CT molecular complexity index is 1180. The van der Waals surface area contributed by atoms with Gasteiger partial charge in [0.05, 0.1) is 30.0 Å². The van der Waals surface area contributed by atoms with Crippen LogP contribution in [0.2, 0.25) is 5.02 Å². The van der Waals surface area contributed by atoms with Gasteiger partial charge in [0.15, 0.2) is 0 Å². The molecule has 3 aromatic rings. The number of amides is 1. The molecule has 170 valence electrons. The van der Waals surface area contributed by atoms with E-state index in [9.17, 15) is 13.2 Å². The minimum atomic E-state index is -3.99. The maximum atomic E-state index is 12.9. The van der Waals surface area contributed by atoms with Crippen LogP contribution in [0.25, 0.3) is 0 Å². The molecule has 1 aromatic heterocycles. The van der Waals surface area contributed by atoms with E-state index in [1.165, 1.54) is 31.4 Å². The standard InChI is InChI=1S/C22H24ClN3O5S/c1-26(2)19(21-8-5-11-31-21)14-24-22(27)15-6-4-7-17(12-15)32(28,29)25-18-13-16(23)9-10-20(18)30-3/h4-13,19,25H,14H2,1-3H3,(H,24,27)/t19-/m0/s1. The number of hydrogen-bond acceptors (Lipinski definition) is 6. The molecule has 0 saturated heterocycles. The summed E-state index contributed by atoms with van der Waals surface area (Å²) in [5, 5.41) is 3.18. The molecule has 1 heterocycles. The van der Waals surface area contributed by atoms with Crippen LogP contribution in [0.4, 0.5) is 5.69 Å². The number of carbonyl (C=O) groups is 1. The summed E-state index contributed by atoms with van der Waals surface area (Å²) in [5.74, 6) is 0.631. The molecule has 1 atom stereocenters. The fourth-order valence-corrected chi connectivity index (χ4v) is 4.36. The Kier molecular flexibility index (Phi) is 7.44. The SMILES string of the molecule is COc1ccc(Cl)cc1NS(=O)(=O)c1cccc(C(=O)NC[C@@H](c2ccco2)N(C)C)c1. The third kappa shape index (κ3) is 5.61. The molecule has 0 spiro atoms. The number of rotatable bonds is 9. The van der Waals surface area contributed by atoms with E-state index in [4.69, 9.17) is 20.8 Å². The van der Waals surface area contributed by atoms with Crippen molar-refractivity contribution in [1.82, 2.24) is 10.2 Å². The second-order valence-corrected chi connectivity index (χ2v) is 9.30. The quantitative estimate of drug-likeness (QED) is 0.486. The Morgan fingerprint density at radius 2 is 1.94 bits per heavy atom. The highest BCUT2D eigenvalue weighted by atomic mass is 35.5. The average molecular weight is 478 g/mol. The molecular formula is C22H24ClN3O5S. The first-order valence-corrected chi connectivity index (χ1v) is 11.5. The van der Waals surface area contributed by atoms with Crippen LogP contribution in [-0.2, 0) is 10.0 Å². The van der Waals surface area contributed by atoms with Gasteiger partial charge in [-0.2, -0.15) is 0 Å². The minimum Gasteiger partial charge on any atom is -0.495 e. The van der Waals surface area contributed by atoms with Crippen molar-refractivity contribution in [2.24, 2.45) is 0 Å². The first-order valence-electron chi connectivity index (χ1n) is 9.65. The van der Waals surface area contributed by atoms with Crippen LogP contribution in [0.15, 0.2) is 70.2 Å². The maximum absolute atomic E-state index is 12.9. The fraction of sp³-hybridized carbons (Fsp3) is 0.227. The molecular weight excluding hydrogens is 454 g/mol. The lowest BCUT2D eigenvalue weighted by Gasteiger charge is -2.22. The number of ether oxygens (including phenoxy) is 1. The van der Waals surface area contributed by atoms with Crippen molar-refractivity contribution in [3.8, 4) is 5.75 Å². The van der Waals surface area contributed by atoms with Gasteiger partial charge in [0, 0.05) is 17.1 Å². The number of nitrogens with one attached hydrogen (secondary N) is 2. The Morgan fingerprint density at radius 3 is 2.59 bits per heavy atom. The van der Waals surface area contributed by atoms with E-state index in [1.54, 1.807) is 30.5 Å². The van der Waals surface area contributed by atoms with Gasteiger partial charge in [0.1, 0.15) is 11.5 Å². The summed E-state index contributed by atoms with van der Waals surface area (Å²) in [6, 6.07) is 13.8. The van der Waals surface area contributed by atoms with Crippen LogP contribution < -0.4 is 14.8 Å². The van der Waals surface area contributed by atoms with Crippen LogP contribution in [0, 0.1) is 0 Å². The molecule has 10 heteroatoms. The lowest BCUT2D eigenvalue weighted by atomic mass is 10.2. The van der Waals surface area contributed by atoms with Gasteiger partial charge in [-0.15, -0.1) is 0 Å². The monoisotopic (exact) mass is 477 g/mol. The smallest absolute Gasteiger partial charge is 0.262 e. The molecule has 0 unspecified atom stereocenters. The number of anilines is 1. The highest BCUT2D eigenvalue weighted by Gasteiger charge is 2.21. The Labute approximate surface area is 192 Å². The van der Waals surface area contributed by atoms with Crippen LogP contribution in [-0.4, -0.2) is 47.0 Å². The van der Waals surface area contributed by atoms with Gasteiger partial charge in [-0.1, -0.05) is 17.7 Å². The molecule has 0 aliphatic heterocycles. The average Bonchev–Trinajstić information content (AvgIpc) is 3.28. The van der Waals surface area contributed by atoms with Gasteiger partial charge in [-0.3, -0.25) is 14.4 Å². The van der Waals surface area contributed by atoms with E-state index in [0.717, 1.165) is 0 Å². The molecule has 2 N–H and O–H groups in total. The van der Waals surface area contributed by atoms with Gasteiger partial charge < -0.3 is 14.5 Å². The zero-order chi connectivity index (χ0) is 23.3. The van der Waals surface area contributed by atoms with Gasteiger partial charge in [0.2, 0.25) is 0 Å². The number of nitrogens with zero attached hydrogens (tertiary/aromatic N) is 1. The number of hydrogen-bond donors (Lipinski definition) is 2. The first-order chi connectivity index (χ1) is 15.2. The van der Waals surface area contributed by atoms with Crippen molar-refractivity contribution in [2.75, 3.05) is 32.5 Å². The number of benzene rings is 2. The third-order valence-electron chi connectivity index (χ3n) is 4.76. The van der Waals surface area contributed by atoms with Crippen molar-refractivity contribution >= 4 is 33.2 Å². The molecule has 2 aromatic carbocycles. The summed E-state index contributed by atoms with van der Waals surface area (Å²) in [5.41, 5.74) is 0.407. The molecule has 0 aliphatic carbocycles. The molecule has 32 heavy (non-hydrogen) atoms. The van der Waals surface area contributed by atoms with Gasteiger partial charge in [-0.05, 0) is 62.6 Å². The highest BCUT2D eigenvalue weighted by Crippen LogP contribution is 2.30. The number of likely N-dealkylation sites (N-methyl/N-ethyl adjacent to an activating group) is 1. The van der Waals surface area contributed by atoms with E-state index in [0.29, 0.717) is 16.5 Å². The molecule has 3 rings (SSSR count). The number of carbonyl (C=O) groups excluding carboxylic acids is 1. The number of methoxy groups -OCH3 is 1. The predicted octanol–water partition coefficient (Wildman–Crippen LogP) is 3.78. The second kappa shape index (κ2) is 10.1. The van der Waals surface area contributed by atoms with Crippen molar-refractivity contribution in [2.45, 2.75) is 10.9 Å². The molecule has 0 aliphatic rings. The van der Waals surface area contributed by atoms with Gasteiger partial charge in [-0.25, -0.2) is 8.42 Å². The normalized spacial score (nSPS) is 12.4. The summed E-state index contributed by atoms with van der Waals surface area (Å²) in [7, 11) is 1.19. The van der Waals surface area contributed by atoms with Gasteiger partial charge >= 0.3 is 0 Å². The van der Waals surface area contributed by atoms with Crippen molar-refractivity contribution in [3.63, 3.8) is 0 Å². The van der Waals surface area contributed by atoms with E-state index in [2.05, 4.69) is 10.0 Å². The third-order valence-corrected chi connectivity index (χ3v) is 6.36. The zero-order valence-electron chi connectivity index (χ0n) is 17.8. The van der Waals surface area contributed by atoms with Crippen molar-refractivity contribution in [3.05, 3.63) is 77.2 Å². The van der Waals surface area contributed by atoms with Crippen molar-refractivity contribution in [1.29, 1.82) is 0 Å². The van der Waals surface area contributed by atoms with Crippen LogP contribution in [0.3, 0.4) is 0 Å². The van der Waals surface area contributed by atoms with Crippen LogP contribution in [0.1, 0.15) is 22.2 Å². The van der Waals surface area contributed by atoms with E-state index < -0.39 is 15.9 Å². The van der Waals surface area contributed by atoms with Crippen LogP contribution >= 0.6 is 11.6 Å². The molecule has 8 nitrogen and oxygen atoms in total. The summed E-state index contributed by atoms with van der Waals surface area (Å²) >= 11 is 5.98. The molecule has 0 saturated carbocycles. The highest BCUT2D eigenvalue weighted by molar-refractivity contribution is 7.92. The summed E-state index contributed by atoms with van der Waals surface area (Å²) in [6.07, 6.45) is 1.57. The van der Waals surface area contributed by atoms with E-state index in [-0.39, 0.29) is 28.7 Å². The molecule has 0 bridgehead atoms. The zero-order valence-corrected chi connectivity index (χ0v) is 19.4. The fourth-order valence-electron chi connectivity index (χ4n) is 3.08. The summed E-state index contributed by atoms with van der Waals surface area (Å²) in [4.78, 5) is 14.6. The summed E-state index contributed by atoms with van der Waals surface area (Å²) in [6.45, 7) is 0.286. The molecule has 0 fully saturated rings. The molecule has 0 radical (unpaired) electrons. The van der Waals surface area contributed by atoms with Gasteiger partial charge in [0.25, 0.3) is 15.9 Å². The number of sulfonamides is 1. The Morgan fingerprint density at radius 1 is 1.16 bits per heavy atom. The summed E-state index contributed by atoms with van der Waals surface area (Å²) < 4.78 is 38.9. The second-order valence-electron chi connectivity index (χ2n) is 7.18. The largest absolute Gasteiger partial charge is 0.495 e. The van der Waals surface area contributed by atoms with Crippen LogP contribution in [0.5, 0.6) is 5.75 Å². The number of furan rings is 1. The lowest BCUT2D eigenvalue weighted by Crippen LogP contribution is -2.34. The predicted molar refractivity (Wildman–Crippen MR) is 123 cm³/mol. The number of halogens is 1. The lowest BCUT2D eigenvalue weighted by molar-refractivity contribution is 0.0939. The van der Waals surface area contributed by atoms with E-state index >= 15 is 0 Å².